The van der Waals surface area contributed by atoms with Gasteiger partial charge in [0.25, 0.3) is 0 Å². The molecule has 1 heterocycles. The first-order chi connectivity index (χ1) is 8.95. The van der Waals surface area contributed by atoms with Crippen molar-refractivity contribution in [3.8, 4) is 0 Å². The lowest BCUT2D eigenvalue weighted by atomic mass is 9.82. The maximum absolute atomic E-state index is 11.7. The average Bonchev–Trinajstić information content (AvgIpc) is 2.72. The van der Waals surface area contributed by atoms with E-state index < -0.39 is 0 Å². The zero-order chi connectivity index (χ0) is 13.9. The van der Waals surface area contributed by atoms with Gasteiger partial charge in [-0.15, -0.1) is 0 Å². The molecular formula is C14H24N4O. The molecule has 0 spiro atoms. The molecule has 1 saturated carbocycles. The van der Waals surface area contributed by atoms with E-state index in [-0.39, 0.29) is 11.3 Å². The van der Waals surface area contributed by atoms with Crippen LogP contribution in [0.25, 0.3) is 0 Å². The fourth-order valence-electron chi connectivity index (χ4n) is 2.10. The van der Waals surface area contributed by atoms with Crippen molar-refractivity contribution < 1.29 is 4.79 Å². The molecule has 0 atom stereocenters. The van der Waals surface area contributed by atoms with Crippen LogP contribution in [0.2, 0.25) is 0 Å². The van der Waals surface area contributed by atoms with Gasteiger partial charge in [-0.3, -0.25) is 9.89 Å². The van der Waals surface area contributed by atoms with Crippen molar-refractivity contribution in [2.45, 2.75) is 64.8 Å². The van der Waals surface area contributed by atoms with E-state index in [0.29, 0.717) is 13.0 Å². The van der Waals surface area contributed by atoms with Gasteiger partial charge in [-0.05, 0) is 12.3 Å². The van der Waals surface area contributed by atoms with Gasteiger partial charge in [0, 0.05) is 11.8 Å². The van der Waals surface area contributed by atoms with Crippen molar-refractivity contribution >= 4 is 5.91 Å². The van der Waals surface area contributed by atoms with Crippen molar-refractivity contribution in [2.24, 2.45) is 5.92 Å². The Kier molecular flexibility index (Phi) is 4.22. The topological polar surface area (TPSA) is 70.7 Å². The van der Waals surface area contributed by atoms with Crippen molar-refractivity contribution in [3.63, 3.8) is 0 Å². The molecule has 1 aliphatic carbocycles. The Balaban J connectivity index is 1.72. The number of hydrogen-bond donors (Lipinski definition) is 2. The van der Waals surface area contributed by atoms with Gasteiger partial charge in [-0.25, -0.2) is 4.98 Å². The standard InChI is InChI=1S/C14H24N4O/c1-14(2,3)13-16-11(17-18-13)9-15-12(19)8-7-10-5-4-6-10/h10H,4-9H2,1-3H3,(H,15,19)(H,16,17,18). The molecule has 0 aromatic carbocycles. The zero-order valence-corrected chi connectivity index (χ0v) is 12.1. The van der Waals surface area contributed by atoms with Crippen LogP contribution in [0, 0.1) is 5.92 Å². The quantitative estimate of drug-likeness (QED) is 0.857. The summed E-state index contributed by atoms with van der Waals surface area (Å²) in [4.78, 5) is 16.1. The Bertz CT molecular complexity index is 429. The molecule has 5 nitrogen and oxygen atoms in total. The second-order valence-corrected chi connectivity index (χ2v) is 6.47. The number of nitrogens with one attached hydrogen (secondary N) is 2. The van der Waals surface area contributed by atoms with E-state index in [1.165, 1.54) is 19.3 Å². The molecule has 0 unspecified atom stereocenters. The zero-order valence-electron chi connectivity index (χ0n) is 12.1. The van der Waals surface area contributed by atoms with Crippen LogP contribution in [-0.4, -0.2) is 21.1 Å². The summed E-state index contributed by atoms with van der Waals surface area (Å²) in [6.07, 6.45) is 5.58. The number of nitrogens with zero attached hydrogens (tertiary/aromatic N) is 2. The van der Waals surface area contributed by atoms with E-state index in [1.54, 1.807) is 0 Å². The van der Waals surface area contributed by atoms with E-state index in [0.717, 1.165) is 24.0 Å². The van der Waals surface area contributed by atoms with Gasteiger partial charge in [0.15, 0.2) is 5.82 Å². The third-order valence-electron chi connectivity index (χ3n) is 3.66. The number of H-pyrrole nitrogens is 1. The average molecular weight is 264 g/mol. The number of amides is 1. The fourth-order valence-corrected chi connectivity index (χ4v) is 2.10. The highest BCUT2D eigenvalue weighted by molar-refractivity contribution is 5.75. The lowest BCUT2D eigenvalue weighted by molar-refractivity contribution is -0.121. The summed E-state index contributed by atoms with van der Waals surface area (Å²) in [6.45, 7) is 6.64. The summed E-state index contributed by atoms with van der Waals surface area (Å²) >= 11 is 0. The molecule has 0 radical (unpaired) electrons. The lowest BCUT2D eigenvalue weighted by Gasteiger charge is -2.24. The van der Waals surface area contributed by atoms with Crippen LogP contribution in [0.15, 0.2) is 0 Å². The predicted octanol–water partition coefficient (Wildman–Crippen LogP) is 2.30. The van der Waals surface area contributed by atoms with Crippen LogP contribution in [-0.2, 0) is 16.8 Å². The molecule has 1 amide bonds. The molecule has 1 aromatic rings. The Morgan fingerprint density at radius 1 is 1.42 bits per heavy atom. The molecule has 0 bridgehead atoms. The van der Waals surface area contributed by atoms with Crippen molar-refractivity contribution in [1.82, 2.24) is 20.5 Å². The minimum Gasteiger partial charge on any atom is -0.349 e. The summed E-state index contributed by atoms with van der Waals surface area (Å²) in [5, 5.41) is 9.95. The summed E-state index contributed by atoms with van der Waals surface area (Å²) < 4.78 is 0. The summed E-state index contributed by atoms with van der Waals surface area (Å²) in [5.74, 6) is 2.40. The lowest BCUT2D eigenvalue weighted by Crippen LogP contribution is -2.24. The monoisotopic (exact) mass is 264 g/mol. The Labute approximate surface area is 114 Å². The van der Waals surface area contributed by atoms with Crippen molar-refractivity contribution in [1.29, 1.82) is 0 Å². The van der Waals surface area contributed by atoms with E-state index in [9.17, 15) is 4.79 Å². The highest BCUT2D eigenvalue weighted by atomic mass is 16.1. The van der Waals surface area contributed by atoms with Crippen LogP contribution >= 0.6 is 0 Å². The summed E-state index contributed by atoms with van der Waals surface area (Å²) in [6, 6.07) is 0. The van der Waals surface area contributed by atoms with Crippen molar-refractivity contribution in [3.05, 3.63) is 11.6 Å². The number of aromatic nitrogens is 3. The number of aromatic amines is 1. The van der Waals surface area contributed by atoms with Gasteiger partial charge in [0.1, 0.15) is 5.82 Å². The summed E-state index contributed by atoms with van der Waals surface area (Å²) in [7, 11) is 0. The molecule has 2 rings (SSSR count). The molecule has 1 fully saturated rings. The number of carbonyl (C=O) groups excluding carboxylic acids is 1. The van der Waals surface area contributed by atoms with E-state index in [2.05, 4.69) is 41.3 Å². The molecule has 5 heteroatoms. The third-order valence-corrected chi connectivity index (χ3v) is 3.66. The third kappa shape index (κ3) is 4.04. The largest absolute Gasteiger partial charge is 0.349 e. The smallest absolute Gasteiger partial charge is 0.220 e. The first-order valence-corrected chi connectivity index (χ1v) is 7.13. The Morgan fingerprint density at radius 2 is 2.16 bits per heavy atom. The van der Waals surface area contributed by atoms with Crippen LogP contribution < -0.4 is 5.32 Å². The van der Waals surface area contributed by atoms with Crippen LogP contribution in [0.5, 0.6) is 0 Å². The van der Waals surface area contributed by atoms with Gasteiger partial charge >= 0.3 is 0 Å². The molecular weight excluding hydrogens is 240 g/mol. The first-order valence-electron chi connectivity index (χ1n) is 7.13. The molecule has 0 saturated heterocycles. The normalized spacial score (nSPS) is 16.2. The SMILES string of the molecule is CC(C)(C)c1n[nH]c(CNC(=O)CCC2CCC2)n1. The van der Waals surface area contributed by atoms with Crippen LogP contribution in [0.1, 0.15) is 64.5 Å². The number of rotatable bonds is 5. The number of carbonyl (C=O) groups is 1. The molecule has 19 heavy (non-hydrogen) atoms. The van der Waals surface area contributed by atoms with Crippen molar-refractivity contribution in [2.75, 3.05) is 0 Å². The number of hydrogen-bond acceptors (Lipinski definition) is 3. The van der Waals surface area contributed by atoms with Gasteiger partial charge < -0.3 is 5.32 Å². The minimum absolute atomic E-state index is 0.0665. The minimum atomic E-state index is -0.0665. The molecule has 1 aliphatic rings. The fraction of sp³-hybridized carbons (Fsp3) is 0.786. The first kappa shape index (κ1) is 14.0. The highest BCUT2D eigenvalue weighted by Crippen LogP contribution is 2.30. The maximum atomic E-state index is 11.7. The van der Waals surface area contributed by atoms with E-state index in [1.807, 2.05) is 0 Å². The Morgan fingerprint density at radius 3 is 2.68 bits per heavy atom. The second-order valence-electron chi connectivity index (χ2n) is 6.47. The molecule has 1 aromatic heterocycles. The predicted molar refractivity (Wildman–Crippen MR) is 73.5 cm³/mol. The van der Waals surface area contributed by atoms with E-state index in [4.69, 9.17) is 0 Å². The van der Waals surface area contributed by atoms with Crippen LogP contribution in [0.3, 0.4) is 0 Å². The highest BCUT2D eigenvalue weighted by Gasteiger charge is 2.20. The van der Waals surface area contributed by atoms with E-state index >= 15 is 0 Å². The van der Waals surface area contributed by atoms with Gasteiger partial charge in [0.2, 0.25) is 5.91 Å². The summed E-state index contributed by atoms with van der Waals surface area (Å²) in [5.41, 5.74) is -0.0665. The van der Waals surface area contributed by atoms with Crippen LogP contribution in [0.4, 0.5) is 0 Å². The van der Waals surface area contributed by atoms with Gasteiger partial charge in [0.05, 0.1) is 6.54 Å². The Hall–Kier alpha value is -1.39. The molecule has 0 aliphatic heterocycles. The van der Waals surface area contributed by atoms with Gasteiger partial charge in [-0.1, -0.05) is 40.0 Å². The second kappa shape index (κ2) is 5.72. The molecule has 2 N–H and O–H groups in total. The maximum Gasteiger partial charge on any atom is 0.220 e. The molecule has 106 valence electrons. The van der Waals surface area contributed by atoms with Gasteiger partial charge in [-0.2, -0.15) is 5.10 Å².